The minimum absolute atomic E-state index is 0. The Labute approximate surface area is 260 Å². The topological polar surface area (TPSA) is 302 Å². The first-order valence-electron chi connectivity index (χ1n) is 8.50. The van der Waals surface area contributed by atoms with Crippen molar-refractivity contribution in [2.24, 2.45) is 5.73 Å². The van der Waals surface area contributed by atoms with Crippen LogP contribution in [-0.2, 0) is 47.8 Å². The van der Waals surface area contributed by atoms with Crippen LogP contribution in [0, 0.1) is 0 Å². The number of carbonyl (C=O) groups excluding carboxylic acids is 4. The predicted octanol–water partition coefficient (Wildman–Crippen LogP) is -4.11. The van der Waals surface area contributed by atoms with Gasteiger partial charge in [0.15, 0.2) is 11.2 Å². The fraction of sp³-hybridized carbons (Fsp3) is 0.500. The zero-order chi connectivity index (χ0) is 26.1. The third-order valence-corrected chi connectivity index (χ3v) is 3.69. The Bertz CT molecular complexity index is 894. The van der Waals surface area contributed by atoms with Gasteiger partial charge < -0.3 is 51.6 Å². The van der Waals surface area contributed by atoms with E-state index in [9.17, 15) is 48.6 Å². The molecule has 0 radical (unpaired) electrons. The van der Waals surface area contributed by atoms with Crippen LogP contribution in [0.15, 0.2) is 0 Å². The van der Waals surface area contributed by atoms with Crippen LogP contribution in [0.3, 0.4) is 0 Å². The molecule has 8 N–H and O–H groups in total. The van der Waals surface area contributed by atoms with E-state index in [-0.39, 0.29) is 81.2 Å². The molecule has 0 heterocycles. The van der Waals surface area contributed by atoms with Crippen molar-refractivity contribution in [2.75, 3.05) is 0 Å². The van der Waals surface area contributed by atoms with E-state index in [1.54, 1.807) is 0 Å². The van der Waals surface area contributed by atoms with E-state index in [1.165, 1.54) is 0 Å². The Morgan fingerprint density at radius 3 is 1.31 bits per heavy atom. The van der Waals surface area contributed by atoms with E-state index in [0.717, 1.165) is 0 Å². The Morgan fingerprint density at radius 1 is 0.657 bits per heavy atom. The van der Waals surface area contributed by atoms with Gasteiger partial charge in [0, 0.05) is 0 Å². The maximum atomic E-state index is 11.7. The summed E-state index contributed by atoms with van der Waals surface area (Å²) >= 11 is 0. The second-order valence-electron chi connectivity index (χ2n) is 6.62. The Balaban J connectivity index is -0.000000341. The normalized spacial score (nSPS) is 14.3. The Kier molecular flexibility index (Phi) is 17.8. The second-order valence-corrected chi connectivity index (χ2v) is 6.62. The van der Waals surface area contributed by atoms with Crippen molar-refractivity contribution in [2.45, 2.75) is 49.3 Å². The molecule has 0 aliphatic carbocycles. The molecule has 0 aliphatic rings. The first-order valence-corrected chi connectivity index (χ1v) is 8.50. The van der Waals surface area contributed by atoms with Gasteiger partial charge in [0.2, 0.25) is 0 Å². The summed E-state index contributed by atoms with van der Waals surface area (Å²) in [5.74, 6) is -14.4. The average Bonchev–Trinajstić information content (AvgIpc) is 2.58. The van der Waals surface area contributed by atoms with Crippen molar-refractivity contribution >= 4 is 123 Å². The molecule has 0 saturated carbocycles. The molecule has 0 aromatic rings. The first-order chi connectivity index (χ1) is 14.9. The summed E-state index contributed by atoms with van der Waals surface area (Å²) < 4.78 is 8.22. The number of ether oxygens (including phenoxy) is 2. The molecule has 3 unspecified atom stereocenters. The fourth-order valence-electron chi connectivity index (χ4n) is 2.10. The van der Waals surface area contributed by atoms with E-state index in [1.807, 2.05) is 0 Å². The summed E-state index contributed by atoms with van der Waals surface area (Å²) in [5.41, 5.74) is -0.964. The maximum absolute atomic E-state index is 11.7. The van der Waals surface area contributed by atoms with E-state index in [0.29, 0.717) is 0 Å². The molecule has 0 fully saturated rings. The van der Waals surface area contributed by atoms with E-state index >= 15 is 0 Å². The predicted molar refractivity (Wildman–Crippen MR) is 110 cm³/mol. The summed E-state index contributed by atoms with van der Waals surface area (Å²) in [6, 6.07) is -2.00. The Morgan fingerprint density at radius 2 is 1.00 bits per heavy atom. The van der Waals surface area contributed by atoms with Crippen molar-refractivity contribution in [3.8, 4) is 0 Å². The van der Waals surface area contributed by atoms with Crippen LogP contribution in [0.1, 0.15) is 37.8 Å². The molecule has 3 atom stereocenters. The standard InChI is InChI=1S/C16H19NO16.2Ca.4H/c17-6(12(25)33-11(24)5-16(31,14(28)29)3-8(20)21)1-9(22)32-10(23)4-15(30,13(26)27)2-7(18)19;;;;;;/h6,30-31H,1-5,17H2,(H,18,19)(H,20,21)(H,26,27)(H,28,29);;;;;;/q;2*+2;4*-1. The average molecular weight is 566 g/mol. The fourth-order valence-corrected chi connectivity index (χ4v) is 2.10. The van der Waals surface area contributed by atoms with Gasteiger partial charge in [-0.1, -0.05) is 0 Å². The summed E-state index contributed by atoms with van der Waals surface area (Å²) in [6.07, 6.45) is -6.93. The minimum Gasteiger partial charge on any atom is -1.00 e. The number of hydrogen-bond acceptors (Lipinski definition) is 13. The van der Waals surface area contributed by atoms with Gasteiger partial charge in [-0.25, -0.2) is 14.4 Å². The van der Waals surface area contributed by atoms with Gasteiger partial charge in [-0.3, -0.25) is 24.0 Å². The summed E-state index contributed by atoms with van der Waals surface area (Å²) in [5, 5.41) is 54.2. The van der Waals surface area contributed by atoms with E-state index in [2.05, 4.69) is 9.47 Å². The van der Waals surface area contributed by atoms with E-state index < -0.39 is 97.1 Å². The van der Waals surface area contributed by atoms with Crippen LogP contribution in [0.5, 0.6) is 0 Å². The van der Waals surface area contributed by atoms with Crippen LogP contribution in [0.2, 0.25) is 0 Å². The van der Waals surface area contributed by atoms with Gasteiger partial charge in [-0.2, -0.15) is 0 Å². The minimum atomic E-state index is -3.12. The van der Waals surface area contributed by atoms with Crippen LogP contribution < -0.4 is 5.73 Å². The monoisotopic (exact) mass is 565 g/mol. The van der Waals surface area contributed by atoms with Gasteiger partial charge in [0.05, 0.1) is 32.1 Å². The molecule has 0 saturated heterocycles. The quantitative estimate of drug-likeness (QED) is 0.0633. The molecule has 0 amide bonds. The van der Waals surface area contributed by atoms with Crippen LogP contribution in [0.4, 0.5) is 0 Å². The van der Waals surface area contributed by atoms with Crippen molar-refractivity contribution < 1.29 is 84.2 Å². The zero-order valence-corrected chi connectivity index (χ0v) is 22.3. The summed E-state index contributed by atoms with van der Waals surface area (Å²) in [7, 11) is 0. The Hall–Kier alpha value is -1.44. The van der Waals surface area contributed by atoms with Gasteiger partial charge in [0.25, 0.3) is 0 Å². The summed E-state index contributed by atoms with van der Waals surface area (Å²) in [6.45, 7) is 0. The van der Waals surface area contributed by atoms with Gasteiger partial charge in [-0.05, 0) is 0 Å². The molecule has 0 spiro atoms. The van der Waals surface area contributed by atoms with Gasteiger partial charge in [0.1, 0.15) is 6.04 Å². The van der Waals surface area contributed by atoms with E-state index in [4.69, 9.17) is 26.2 Å². The maximum Gasteiger partial charge on any atom is 2.00 e. The molecule has 0 aliphatic heterocycles. The zero-order valence-electron chi connectivity index (χ0n) is 21.9. The number of rotatable bonds is 13. The second kappa shape index (κ2) is 16.3. The summed E-state index contributed by atoms with van der Waals surface area (Å²) in [4.78, 5) is 89.6. The van der Waals surface area contributed by atoms with Crippen molar-refractivity contribution in [1.29, 1.82) is 0 Å². The molecule has 0 aromatic heterocycles. The third-order valence-electron chi connectivity index (χ3n) is 3.69. The molecule has 35 heavy (non-hydrogen) atoms. The molecular formula is C16H23Ca2NO16. The number of hydrogen-bond donors (Lipinski definition) is 7. The van der Waals surface area contributed by atoms with Crippen LogP contribution in [-0.4, -0.2) is 171 Å². The molecular weight excluding hydrogens is 542 g/mol. The van der Waals surface area contributed by atoms with Crippen molar-refractivity contribution in [1.82, 2.24) is 0 Å². The van der Waals surface area contributed by atoms with Crippen LogP contribution in [0.25, 0.3) is 0 Å². The molecule has 192 valence electrons. The number of carboxylic acid groups (broad SMARTS) is 4. The SMILES string of the molecule is NC(CC(=O)OC(=O)CC(O)(CC(=O)O)C(=O)O)C(=O)OC(=O)CC(O)(CC(=O)O)C(=O)O.[Ca+2].[Ca+2].[H-].[H-].[H-].[H-]. The number of nitrogens with two attached hydrogens (primary N) is 1. The van der Waals surface area contributed by atoms with Crippen LogP contribution >= 0.6 is 0 Å². The molecule has 0 bridgehead atoms. The largest absolute Gasteiger partial charge is 2.00 e. The first kappa shape index (κ1) is 38.1. The molecule has 0 rings (SSSR count). The van der Waals surface area contributed by atoms with Gasteiger partial charge in [-0.15, -0.1) is 0 Å². The molecule has 17 nitrogen and oxygen atoms in total. The number of aliphatic carboxylic acids is 4. The number of carbonyl (C=O) groups is 8. The number of carboxylic acids is 4. The van der Waals surface area contributed by atoms with Crippen molar-refractivity contribution in [3.05, 3.63) is 0 Å². The third kappa shape index (κ3) is 14.0. The number of aliphatic hydroxyl groups is 2. The smallest absolute Gasteiger partial charge is 1.00 e. The number of esters is 4. The molecule has 0 aromatic carbocycles. The van der Waals surface area contributed by atoms with Crippen molar-refractivity contribution in [3.63, 3.8) is 0 Å². The molecule has 19 heteroatoms. The van der Waals surface area contributed by atoms with Gasteiger partial charge >= 0.3 is 123 Å².